The van der Waals surface area contributed by atoms with Crippen LogP contribution in [0.4, 0.5) is 0 Å². The van der Waals surface area contributed by atoms with Crippen LogP contribution < -0.4 is 0 Å². The molecule has 0 bridgehead atoms. The number of rotatable bonds is 0. The molecule has 1 rings (SSSR count). The predicted octanol–water partition coefficient (Wildman–Crippen LogP) is 1.55. The smallest absolute Gasteiger partial charge is 0.0542 e. The van der Waals surface area contributed by atoms with Gasteiger partial charge in [-0.05, 0) is 39.0 Å². The fourth-order valence-electron chi connectivity index (χ4n) is 1.18. The normalized spacial score (nSPS) is 30.0. The maximum atomic E-state index is 8.90. The van der Waals surface area contributed by atoms with E-state index in [0.29, 0.717) is 0 Å². The summed E-state index contributed by atoms with van der Waals surface area (Å²) in [5.41, 5.74) is 0. The van der Waals surface area contributed by atoms with Crippen LogP contribution in [-0.2, 0) is 0 Å². The number of hydrogen-bond acceptors (Lipinski definition) is 2. The highest BCUT2D eigenvalue weighted by atomic mass is 16.3. The number of hydrogen-bond donors (Lipinski definition) is 2. The van der Waals surface area contributed by atoms with Crippen molar-refractivity contribution in [2.45, 2.75) is 52.2 Å². The lowest BCUT2D eigenvalue weighted by Gasteiger charge is -1.95. The average Bonchev–Trinajstić information content (AvgIpc) is 2.13. The molecule has 0 aliphatic heterocycles. The summed E-state index contributed by atoms with van der Waals surface area (Å²) in [4.78, 5) is 0. The first-order valence-electron chi connectivity index (χ1n) is 4.38. The zero-order chi connectivity index (χ0) is 8.85. The van der Waals surface area contributed by atoms with E-state index in [1.807, 2.05) is 0 Å². The van der Waals surface area contributed by atoms with Crippen molar-refractivity contribution in [1.29, 1.82) is 0 Å². The second-order valence-electron chi connectivity index (χ2n) is 3.67. The lowest BCUT2D eigenvalue weighted by Crippen LogP contribution is -1.97. The first-order valence-corrected chi connectivity index (χ1v) is 4.38. The Bertz CT molecular complexity index is 80.8. The molecule has 0 radical (unpaired) electrons. The Kier molecular flexibility index (Phi) is 5.51. The molecule has 11 heavy (non-hydrogen) atoms. The van der Waals surface area contributed by atoms with E-state index in [0.717, 1.165) is 18.8 Å². The van der Waals surface area contributed by atoms with E-state index in [-0.39, 0.29) is 12.2 Å². The van der Waals surface area contributed by atoms with Crippen LogP contribution in [0.5, 0.6) is 0 Å². The second kappa shape index (κ2) is 5.56. The van der Waals surface area contributed by atoms with Crippen molar-refractivity contribution < 1.29 is 10.2 Å². The molecule has 0 aromatic heterocycles. The summed E-state index contributed by atoms with van der Waals surface area (Å²) in [6, 6.07) is 0. The molecular weight excluding hydrogens is 140 g/mol. The Morgan fingerprint density at radius 3 is 1.82 bits per heavy atom. The first kappa shape index (κ1) is 10.9. The SMILES string of the molecule is CC(C)O.CC1CCC(O)C1. The van der Waals surface area contributed by atoms with E-state index in [4.69, 9.17) is 10.2 Å². The molecule has 0 amide bonds. The van der Waals surface area contributed by atoms with Crippen LogP contribution in [0.1, 0.15) is 40.0 Å². The van der Waals surface area contributed by atoms with Gasteiger partial charge in [0, 0.05) is 6.10 Å². The Labute approximate surface area is 69.2 Å². The number of aliphatic hydroxyl groups excluding tert-OH is 2. The van der Waals surface area contributed by atoms with Gasteiger partial charge in [-0.25, -0.2) is 0 Å². The Morgan fingerprint density at radius 2 is 1.73 bits per heavy atom. The van der Waals surface area contributed by atoms with Crippen molar-refractivity contribution in [3.63, 3.8) is 0 Å². The summed E-state index contributed by atoms with van der Waals surface area (Å²) >= 11 is 0. The third kappa shape index (κ3) is 7.82. The van der Waals surface area contributed by atoms with Gasteiger partial charge in [0.25, 0.3) is 0 Å². The maximum Gasteiger partial charge on any atom is 0.0542 e. The minimum atomic E-state index is -0.167. The van der Waals surface area contributed by atoms with Crippen LogP contribution in [0, 0.1) is 5.92 Å². The topological polar surface area (TPSA) is 40.5 Å². The van der Waals surface area contributed by atoms with Gasteiger partial charge in [0.05, 0.1) is 6.10 Å². The van der Waals surface area contributed by atoms with Crippen molar-refractivity contribution in [2.24, 2.45) is 5.92 Å². The van der Waals surface area contributed by atoms with Gasteiger partial charge in [-0.15, -0.1) is 0 Å². The lowest BCUT2D eigenvalue weighted by atomic mass is 10.1. The molecule has 2 N–H and O–H groups in total. The van der Waals surface area contributed by atoms with Gasteiger partial charge in [-0.2, -0.15) is 0 Å². The highest BCUT2D eigenvalue weighted by Crippen LogP contribution is 2.23. The van der Waals surface area contributed by atoms with Crippen molar-refractivity contribution in [2.75, 3.05) is 0 Å². The van der Waals surface area contributed by atoms with E-state index < -0.39 is 0 Å². The van der Waals surface area contributed by atoms with Gasteiger partial charge in [0.1, 0.15) is 0 Å². The fraction of sp³-hybridized carbons (Fsp3) is 1.00. The molecule has 2 unspecified atom stereocenters. The molecule has 68 valence electrons. The molecule has 1 fully saturated rings. The van der Waals surface area contributed by atoms with E-state index >= 15 is 0 Å². The molecular formula is C9H20O2. The predicted molar refractivity (Wildman–Crippen MR) is 46.4 cm³/mol. The molecule has 2 heteroatoms. The Morgan fingerprint density at radius 1 is 1.27 bits per heavy atom. The molecule has 0 aromatic rings. The van der Waals surface area contributed by atoms with Gasteiger partial charge in [0.2, 0.25) is 0 Å². The summed E-state index contributed by atoms with van der Waals surface area (Å²) < 4.78 is 0. The Balaban J connectivity index is 0.000000218. The monoisotopic (exact) mass is 160 g/mol. The molecule has 1 saturated carbocycles. The average molecular weight is 160 g/mol. The van der Waals surface area contributed by atoms with Crippen LogP contribution in [0.2, 0.25) is 0 Å². The third-order valence-electron chi connectivity index (χ3n) is 1.67. The molecule has 2 nitrogen and oxygen atoms in total. The summed E-state index contributed by atoms with van der Waals surface area (Å²) in [7, 11) is 0. The van der Waals surface area contributed by atoms with Gasteiger partial charge in [0.15, 0.2) is 0 Å². The second-order valence-corrected chi connectivity index (χ2v) is 3.67. The van der Waals surface area contributed by atoms with Crippen molar-refractivity contribution >= 4 is 0 Å². The summed E-state index contributed by atoms with van der Waals surface area (Å²) in [5.74, 6) is 0.773. The minimum Gasteiger partial charge on any atom is -0.394 e. The van der Waals surface area contributed by atoms with Gasteiger partial charge < -0.3 is 10.2 Å². The molecule has 0 saturated heterocycles. The zero-order valence-electron chi connectivity index (χ0n) is 7.75. The Hall–Kier alpha value is -0.0800. The van der Waals surface area contributed by atoms with Crippen LogP contribution in [-0.4, -0.2) is 22.4 Å². The summed E-state index contributed by atoms with van der Waals surface area (Å²) in [6.45, 7) is 5.64. The third-order valence-corrected chi connectivity index (χ3v) is 1.67. The van der Waals surface area contributed by atoms with E-state index in [1.165, 1.54) is 6.42 Å². The summed E-state index contributed by atoms with van der Waals surface area (Å²) in [6.07, 6.45) is 3.14. The lowest BCUT2D eigenvalue weighted by molar-refractivity contribution is 0.179. The molecule has 1 aliphatic rings. The highest BCUT2D eigenvalue weighted by Gasteiger charge is 2.17. The van der Waals surface area contributed by atoms with Crippen molar-refractivity contribution in [3.8, 4) is 0 Å². The van der Waals surface area contributed by atoms with Crippen LogP contribution >= 0.6 is 0 Å². The summed E-state index contributed by atoms with van der Waals surface area (Å²) in [5, 5.41) is 17.0. The fourth-order valence-corrected chi connectivity index (χ4v) is 1.18. The van der Waals surface area contributed by atoms with Crippen LogP contribution in [0.25, 0.3) is 0 Å². The van der Waals surface area contributed by atoms with Crippen LogP contribution in [0.15, 0.2) is 0 Å². The van der Waals surface area contributed by atoms with Gasteiger partial charge >= 0.3 is 0 Å². The number of aliphatic hydroxyl groups is 2. The van der Waals surface area contributed by atoms with E-state index in [2.05, 4.69) is 6.92 Å². The van der Waals surface area contributed by atoms with Crippen LogP contribution in [0.3, 0.4) is 0 Å². The van der Waals surface area contributed by atoms with E-state index in [1.54, 1.807) is 13.8 Å². The molecule has 0 heterocycles. The standard InChI is InChI=1S/C6H12O.C3H8O/c1-5-2-3-6(7)4-5;1-3(2)4/h5-7H,2-4H2,1H3;3-4H,1-2H3. The quantitative estimate of drug-likeness (QED) is 0.564. The highest BCUT2D eigenvalue weighted by molar-refractivity contribution is 4.70. The largest absolute Gasteiger partial charge is 0.394 e. The molecule has 0 aromatic carbocycles. The molecule has 0 spiro atoms. The molecule has 2 atom stereocenters. The van der Waals surface area contributed by atoms with Crippen molar-refractivity contribution in [3.05, 3.63) is 0 Å². The van der Waals surface area contributed by atoms with Crippen molar-refractivity contribution in [1.82, 2.24) is 0 Å². The maximum absolute atomic E-state index is 8.90. The first-order chi connectivity index (χ1) is 5.02. The van der Waals surface area contributed by atoms with Gasteiger partial charge in [-0.1, -0.05) is 6.92 Å². The van der Waals surface area contributed by atoms with Gasteiger partial charge in [-0.3, -0.25) is 0 Å². The molecule has 1 aliphatic carbocycles. The zero-order valence-corrected chi connectivity index (χ0v) is 7.75. The minimum absolute atomic E-state index is 0.0231. The van der Waals surface area contributed by atoms with E-state index in [9.17, 15) is 0 Å².